The maximum Gasteiger partial charge on any atom is 0.255 e. The minimum atomic E-state index is -0.648. The lowest BCUT2D eigenvalue weighted by molar-refractivity contribution is -0.116. The Kier molecular flexibility index (Phi) is 3.50. The molecule has 2 amide bonds. The number of carbonyl (C=O) groups is 2. The van der Waals surface area contributed by atoms with Gasteiger partial charge >= 0.3 is 0 Å². The SMILES string of the molecule is NC(=O)CN1c2ccccc2C(=O)N[C@H]1c1cccc(F)c1. The zero-order valence-corrected chi connectivity index (χ0v) is 11.6. The number of primary amides is 1. The quantitative estimate of drug-likeness (QED) is 0.903. The fraction of sp³-hybridized carbons (Fsp3) is 0.125. The molecule has 0 saturated carbocycles. The number of hydrogen-bond donors (Lipinski definition) is 2. The number of rotatable bonds is 3. The average Bonchev–Trinajstić information content (AvgIpc) is 2.49. The molecule has 3 rings (SSSR count). The van der Waals surface area contributed by atoms with Crippen molar-refractivity contribution in [3.8, 4) is 0 Å². The second-order valence-corrected chi connectivity index (χ2v) is 5.04. The van der Waals surface area contributed by atoms with E-state index in [1.165, 1.54) is 12.1 Å². The van der Waals surface area contributed by atoms with Crippen LogP contribution < -0.4 is 16.0 Å². The molecule has 0 saturated heterocycles. The first-order chi connectivity index (χ1) is 10.6. The van der Waals surface area contributed by atoms with Crippen molar-refractivity contribution in [3.63, 3.8) is 0 Å². The van der Waals surface area contributed by atoms with E-state index in [1.54, 1.807) is 41.3 Å². The third kappa shape index (κ3) is 2.50. The van der Waals surface area contributed by atoms with Crippen molar-refractivity contribution in [3.05, 3.63) is 65.5 Å². The molecule has 0 bridgehead atoms. The second-order valence-electron chi connectivity index (χ2n) is 5.04. The molecule has 3 N–H and O–H groups in total. The van der Waals surface area contributed by atoms with Gasteiger partial charge in [-0.2, -0.15) is 0 Å². The van der Waals surface area contributed by atoms with E-state index < -0.39 is 17.9 Å². The van der Waals surface area contributed by atoms with Crippen molar-refractivity contribution < 1.29 is 14.0 Å². The highest BCUT2D eigenvalue weighted by Crippen LogP contribution is 2.32. The lowest BCUT2D eigenvalue weighted by Gasteiger charge is -2.38. The molecule has 2 aromatic carbocycles. The topological polar surface area (TPSA) is 75.4 Å². The number of hydrogen-bond acceptors (Lipinski definition) is 3. The number of nitrogens with two attached hydrogens (primary N) is 1. The van der Waals surface area contributed by atoms with Gasteiger partial charge in [0.05, 0.1) is 17.8 Å². The third-order valence-corrected chi connectivity index (χ3v) is 3.53. The number of nitrogens with one attached hydrogen (secondary N) is 1. The van der Waals surface area contributed by atoms with Crippen LogP contribution in [0, 0.1) is 5.82 Å². The number of carbonyl (C=O) groups excluding carboxylic acids is 2. The normalized spacial score (nSPS) is 16.9. The Morgan fingerprint density at radius 1 is 1.23 bits per heavy atom. The zero-order chi connectivity index (χ0) is 15.7. The molecule has 0 fully saturated rings. The Bertz CT molecular complexity index is 748. The Morgan fingerprint density at radius 3 is 2.73 bits per heavy atom. The van der Waals surface area contributed by atoms with Crippen LogP contribution >= 0.6 is 0 Å². The van der Waals surface area contributed by atoms with Gasteiger partial charge in [0.2, 0.25) is 5.91 Å². The highest BCUT2D eigenvalue weighted by atomic mass is 19.1. The Hall–Kier alpha value is -2.89. The van der Waals surface area contributed by atoms with Gasteiger partial charge < -0.3 is 16.0 Å². The summed E-state index contributed by atoms with van der Waals surface area (Å²) in [6.45, 7) is -0.0848. The molecule has 0 radical (unpaired) electrons. The Balaban J connectivity index is 2.09. The van der Waals surface area contributed by atoms with E-state index in [9.17, 15) is 14.0 Å². The number of fused-ring (bicyclic) bond motifs is 1. The summed E-state index contributed by atoms with van der Waals surface area (Å²) >= 11 is 0. The molecule has 2 aromatic rings. The third-order valence-electron chi connectivity index (χ3n) is 3.53. The first-order valence-electron chi connectivity index (χ1n) is 6.76. The number of para-hydroxylation sites is 1. The van der Waals surface area contributed by atoms with Gasteiger partial charge in [0.1, 0.15) is 12.0 Å². The molecule has 5 nitrogen and oxygen atoms in total. The minimum Gasteiger partial charge on any atom is -0.368 e. The van der Waals surface area contributed by atoms with Gasteiger partial charge in [0, 0.05) is 0 Å². The molecule has 1 aliphatic rings. The summed E-state index contributed by atoms with van der Waals surface area (Å²) < 4.78 is 13.5. The molecule has 6 heteroatoms. The number of nitrogens with zero attached hydrogens (tertiary/aromatic N) is 1. The summed E-state index contributed by atoms with van der Waals surface area (Å²) in [7, 11) is 0. The summed E-state index contributed by atoms with van der Waals surface area (Å²) in [5, 5.41) is 2.78. The van der Waals surface area contributed by atoms with Crippen molar-refractivity contribution >= 4 is 17.5 Å². The molecule has 112 valence electrons. The van der Waals surface area contributed by atoms with Crippen LogP contribution in [0.25, 0.3) is 0 Å². The van der Waals surface area contributed by atoms with Gasteiger partial charge in [-0.1, -0.05) is 24.3 Å². The average molecular weight is 299 g/mol. The highest BCUT2D eigenvalue weighted by molar-refractivity contribution is 6.02. The van der Waals surface area contributed by atoms with Crippen LogP contribution in [0.15, 0.2) is 48.5 Å². The van der Waals surface area contributed by atoms with Gasteiger partial charge in [-0.15, -0.1) is 0 Å². The predicted molar refractivity (Wildman–Crippen MR) is 79.6 cm³/mol. The van der Waals surface area contributed by atoms with Crippen LogP contribution in [-0.4, -0.2) is 18.4 Å². The van der Waals surface area contributed by atoms with Crippen molar-refractivity contribution in [2.45, 2.75) is 6.17 Å². The van der Waals surface area contributed by atoms with E-state index in [0.717, 1.165) is 0 Å². The van der Waals surface area contributed by atoms with Crippen molar-refractivity contribution in [2.75, 3.05) is 11.4 Å². The van der Waals surface area contributed by atoms with Crippen LogP contribution in [0.1, 0.15) is 22.1 Å². The lowest BCUT2D eigenvalue weighted by atomic mass is 10.0. The Labute approximate surface area is 126 Å². The molecule has 1 heterocycles. The van der Waals surface area contributed by atoms with E-state index in [4.69, 9.17) is 5.73 Å². The van der Waals surface area contributed by atoms with E-state index in [2.05, 4.69) is 5.32 Å². The second kappa shape index (κ2) is 5.48. The van der Waals surface area contributed by atoms with Gasteiger partial charge in [-0.25, -0.2) is 4.39 Å². The van der Waals surface area contributed by atoms with Gasteiger partial charge in [0.25, 0.3) is 5.91 Å². The van der Waals surface area contributed by atoms with E-state index >= 15 is 0 Å². The summed E-state index contributed by atoms with van der Waals surface area (Å²) in [5.41, 5.74) is 6.91. The van der Waals surface area contributed by atoms with E-state index in [1.807, 2.05) is 0 Å². The van der Waals surface area contributed by atoms with Crippen LogP contribution in [0.3, 0.4) is 0 Å². The molecule has 1 atom stereocenters. The van der Waals surface area contributed by atoms with Gasteiger partial charge in [-0.3, -0.25) is 9.59 Å². The minimum absolute atomic E-state index is 0.0848. The largest absolute Gasteiger partial charge is 0.368 e. The van der Waals surface area contributed by atoms with Crippen LogP contribution in [0.5, 0.6) is 0 Å². The maximum atomic E-state index is 13.5. The summed E-state index contributed by atoms with van der Waals surface area (Å²) in [4.78, 5) is 25.3. The van der Waals surface area contributed by atoms with Crippen molar-refractivity contribution in [1.29, 1.82) is 0 Å². The van der Waals surface area contributed by atoms with Crippen LogP contribution in [0.2, 0.25) is 0 Å². The van der Waals surface area contributed by atoms with Crippen LogP contribution in [-0.2, 0) is 4.79 Å². The summed E-state index contributed by atoms with van der Waals surface area (Å²) in [6.07, 6.45) is -0.648. The molecular formula is C16H14FN3O2. The van der Waals surface area contributed by atoms with E-state index in [0.29, 0.717) is 16.8 Å². The highest BCUT2D eigenvalue weighted by Gasteiger charge is 2.32. The number of benzene rings is 2. The standard InChI is InChI=1S/C16H14FN3O2/c17-11-5-3-4-10(8-11)15-19-16(22)12-6-1-2-7-13(12)20(15)9-14(18)21/h1-8,15H,9H2,(H2,18,21)(H,19,22)/t15-/m1/s1. The number of halogens is 1. The first-order valence-corrected chi connectivity index (χ1v) is 6.76. The number of anilines is 1. The van der Waals surface area contributed by atoms with E-state index in [-0.39, 0.29) is 12.5 Å². The fourth-order valence-electron chi connectivity index (χ4n) is 2.62. The maximum absolute atomic E-state index is 13.5. The fourth-order valence-corrected chi connectivity index (χ4v) is 2.62. The molecule has 0 aliphatic carbocycles. The zero-order valence-electron chi connectivity index (χ0n) is 11.6. The lowest BCUT2D eigenvalue weighted by Crippen LogP contribution is -2.49. The molecular weight excluding hydrogens is 285 g/mol. The van der Waals surface area contributed by atoms with Crippen molar-refractivity contribution in [1.82, 2.24) is 5.32 Å². The summed E-state index contributed by atoms with van der Waals surface area (Å²) in [6, 6.07) is 12.8. The van der Waals surface area contributed by atoms with Crippen molar-refractivity contribution in [2.24, 2.45) is 5.73 Å². The first kappa shape index (κ1) is 14.1. The monoisotopic (exact) mass is 299 g/mol. The predicted octanol–water partition coefficient (Wildman–Crippen LogP) is 1.56. The smallest absolute Gasteiger partial charge is 0.255 e. The molecule has 0 unspecified atom stereocenters. The summed E-state index contributed by atoms with van der Waals surface area (Å²) in [5.74, 6) is -1.22. The molecule has 1 aliphatic heterocycles. The van der Waals surface area contributed by atoms with Gasteiger partial charge in [0.15, 0.2) is 0 Å². The molecule has 0 aromatic heterocycles. The molecule has 0 spiro atoms. The Morgan fingerprint density at radius 2 is 2.00 bits per heavy atom. The number of amides is 2. The molecule has 22 heavy (non-hydrogen) atoms. The van der Waals surface area contributed by atoms with Gasteiger partial charge in [-0.05, 0) is 29.8 Å². The van der Waals surface area contributed by atoms with Crippen LogP contribution in [0.4, 0.5) is 10.1 Å².